The van der Waals surface area contributed by atoms with Crippen molar-refractivity contribution in [1.82, 2.24) is 9.55 Å². The molecular weight excluding hydrogens is 418 g/mol. The van der Waals surface area contributed by atoms with Gasteiger partial charge in [-0.15, -0.1) is 11.3 Å². The summed E-state index contributed by atoms with van der Waals surface area (Å²) in [5, 5.41) is 1.58. The number of thiophene rings is 1. The number of ether oxygens (including phenoxy) is 1. The van der Waals surface area contributed by atoms with Gasteiger partial charge in [0.1, 0.15) is 4.88 Å². The number of methoxy groups -OCH3 is 1. The number of nitrogens with zero attached hydrogens (tertiary/aromatic N) is 2. The topological polar surface area (TPSA) is 101 Å². The Morgan fingerprint density at radius 3 is 2.52 bits per heavy atom. The average molecular weight is 435 g/mol. The van der Waals surface area contributed by atoms with Crippen molar-refractivity contribution < 1.29 is 14.3 Å². The third-order valence-corrected chi connectivity index (χ3v) is 5.78. The van der Waals surface area contributed by atoms with E-state index < -0.39 is 17.2 Å². The van der Waals surface area contributed by atoms with E-state index in [4.69, 9.17) is 4.74 Å². The van der Waals surface area contributed by atoms with Crippen molar-refractivity contribution in [2.75, 3.05) is 19.1 Å². The van der Waals surface area contributed by atoms with Crippen molar-refractivity contribution in [1.29, 1.82) is 0 Å². The molecule has 8 nitrogen and oxygen atoms in total. The van der Waals surface area contributed by atoms with E-state index in [9.17, 15) is 19.2 Å². The number of nitrogens with one attached hydrogen (secondary N) is 1. The number of hydrogen-bond acceptors (Lipinski definition) is 6. The highest BCUT2D eigenvalue weighted by molar-refractivity contribution is 7.13. The van der Waals surface area contributed by atoms with E-state index in [2.05, 4.69) is 4.98 Å². The highest BCUT2D eigenvalue weighted by Crippen LogP contribution is 2.22. The molecular formula is C22H17N3O5S. The lowest BCUT2D eigenvalue weighted by molar-refractivity contribution is 0.0608. The Morgan fingerprint density at radius 2 is 1.81 bits per heavy atom. The number of fused-ring (bicyclic) bond motifs is 1. The normalized spacial score (nSPS) is 10.8. The number of anilines is 1. The van der Waals surface area contributed by atoms with Gasteiger partial charge in [0, 0.05) is 23.7 Å². The van der Waals surface area contributed by atoms with Crippen LogP contribution in [0, 0.1) is 0 Å². The van der Waals surface area contributed by atoms with Crippen LogP contribution in [0.1, 0.15) is 20.0 Å². The summed E-state index contributed by atoms with van der Waals surface area (Å²) in [5.41, 5.74) is 0.133. The fraction of sp³-hybridized carbons (Fsp3) is 0.0909. The highest BCUT2D eigenvalue weighted by atomic mass is 32.1. The fourth-order valence-corrected chi connectivity index (χ4v) is 4.16. The molecule has 0 aliphatic rings. The zero-order chi connectivity index (χ0) is 22.1. The lowest BCUT2D eigenvalue weighted by Gasteiger charge is -2.17. The number of amides is 1. The standard InChI is InChI=1S/C22H17N3O5S/c1-24(14-8-4-3-5-9-14)19(26)13-7-6-10-15(11-13)25-20(27)17-16(23-22(25)29)12-31-18(17)21(28)30-2/h3-12H,1-2H3,(H,23,29). The predicted octanol–water partition coefficient (Wildman–Crippen LogP) is 2.80. The number of esters is 1. The number of para-hydroxylation sites is 1. The molecule has 2 aromatic heterocycles. The van der Waals surface area contributed by atoms with Crippen LogP contribution in [0.5, 0.6) is 0 Å². The Kier molecular flexibility index (Phi) is 5.26. The molecule has 1 amide bonds. The third kappa shape index (κ3) is 3.55. The number of rotatable bonds is 4. The van der Waals surface area contributed by atoms with Gasteiger partial charge in [-0.2, -0.15) is 0 Å². The Morgan fingerprint density at radius 1 is 1.06 bits per heavy atom. The molecule has 1 N–H and O–H groups in total. The maximum atomic E-state index is 13.1. The van der Waals surface area contributed by atoms with Crippen LogP contribution in [0.2, 0.25) is 0 Å². The molecule has 0 atom stereocenters. The molecule has 0 radical (unpaired) electrons. The lowest BCUT2D eigenvalue weighted by atomic mass is 10.1. The van der Waals surface area contributed by atoms with Crippen molar-refractivity contribution in [3.63, 3.8) is 0 Å². The van der Waals surface area contributed by atoms with E-state index in [-0.39, 0.29) is 27.4 Å². The number of benzene rings is 2. The van der Waals surface area contributed by atoms with Gasteiger partial charge >= 0.3 is 11.7 Å². The quantitative estimate of drug-likeness (QED) is 0.497. The van der Waals surface area contributed by atoms with Crippen molar-refractivity contribution in [3.05, 3.63) is 91.3 Å². The van der Waals surface area contributed by atoms with Gasteiger partial charge in [0.2, 0.25) is 0 Å². The second-order valence-corrected chi connectivity index (χ2v) is 7.55. The Balaban J connectivity index is 1.83. The molecule has 9 heteroatoms. The van der Waals surface area contributed by atoms with Crippen LogP contribution >= 0.6 is 11.3 Å². The fourth-order valence-electron chi connectivity index (χ4n) is 3.26. The van der Waals surface area contributed by atoms with Crippen molar-refractivity contribution in [2.45, 2.75) is 0 Å². The minimum Gasteiger partial charge on any atom is -0.465 e. The first-order chi connectivity index (χ1) is 14.9. The van der Waals surface area contributed by atoms with Crippen LogP contribution in [0.4, 0.5) is 5.69 Å². The molecule has 2 aromatic carbocycles. The van der Waals surface area contributed by atoms with Gasteiger partial charge < -0.3 is 14.6 Å². The molecule has 0 spiro atoms. The average Bonchev–Trinajstić information content (AvgIpc) is 3.22. The Bertz CT molecular complexity index is 1420. The summed E-state index contributed by atoms with van der Waals surface area (Å²) in [6, 6.07) is 15.3. The summed E-state index contributed by atoms with van der Waals surface area (Å²) in [7, 11) is 2.86. The largest absolute Gasteiger partial charge is 0.465 e. The van der Waals surface area contributed by atoms with Gasteiger partial charge in [0.25, 0.3) is 11.5 Å². The molecule has 0 fully saturated rings. The minimum absolute atomic E-state index is 0.0644. The first-order valence-corrected chi connectivity index (χ1v) is 10.1. The van der Waals surface area contributed by atoms with Crippen molar-refractivity contribution >= 4 is 39.8 Å². The molecule has 31 heavy (non-hydrogen) atoms. The van der Waals surface area contributed by atoms with E-state index in [1.165, 1.54) is 23.5 Å². The number of carbonyl (C=O) groups is 2. The van der Waals surface area contributed by atoms with Gasteiger partial charge in [-0.3, -0.25) is 9.59 Å². The van der Waals surface area contributed by atoms with Gasteiger partial charge in [0.05, 0.1) is 23.7 Å². The predicted molar refractivity (Wildman–Crippen MR) is 119 cm³/mol. The number of aromatic nitrogens is 2. The molecule has 2 heterocycles. The third-order valence-electron chi connectivity index (χ3n) is 4.82. The zero-order valence-electron chi connectivity index (χ0n) is 16.6. The van der Waals surface area contributed by atoms with Crippen LogP contribution in [0.25, 0.3) is 16.6 Å². The first kappa shape index (κ1) is 20.3. The number of hydrogen-bond donors (Lipinski definition) is 1. The summed E-state index contributed by atoms with van der Waals surface area (Å²) in [4.78, 5) is 54.9. The van der Waals surface area contributed by atoms with Gasteiger partial charge in [-0.25, -0.2) is 14.2 Å². The van der Waals surface area contributed by atoms with Gasteiger partial charge in [-0.1, -0.05) is 24.3 Å². The van der Waals surface area contributed by atoms with Crippen molar-refractivity contribution in [3.8, 4) is 5.69 Å². The molecule has 0 bridgehead atoms. The molecule has 156 valence electrons. The number of carbonyl (C=O) groups excluding carboxylic acids is 2. The molecule has 0 unspecified atom stereocenters. The SMILES string of the molecule is COC(=O)c1scc2[nH]c(=O)n(-c3cccc(C(=O)N(C)c4ccccc4)c3)c(=O)c12. The van der Waals surface area contributed by atoms with Crippen LogP contribution < -0.4 is 16.1 Å². The number of H-pyrrole nitrogens is 1. The van der Waals surface area contributed by atoms with Crippen molar-refractivity contribution in [2.24, 2.45) is 0 Å². The second kappa shape index (κ2) is 8.04. The summed E-state index contributed by atoms with van der Waals surface area (Å²) < 4.78 is 5.64. The van der Waals surface area contributed by atoms with Crippen LogP contribution in [0.15, 0.2) is 69.6 Å². The Labute approximate surface area is 179 Å². The molecule has 4 aromatic rings. The monoisotopic (exact) mass is 435 g/mol. The minimum atomic E-state index is -0.673. The summed E-state index contributed by atoms with van der Waals surface area (Å²) >= 11 is 1.01. The van der Waals surface area contributed by atoms with Gasteiger partial charge in [-0.05, 0) is 30.3 Å². The highest BCUT2D eigenvalue weighted by Gasteiger charge is 2.21. The molecule has 0 aliphatic heterocycles. The zero-order valence-corrected chi connectivity index (χ0v) is 17.4. The molecule has 0 saturated heterocycles. The smallest absolute Gasteiger partial charge is 0.348 e. The lowest BCUT2D eigenvalue weighted by Crippen LogP contribution is -2.34. The second-order valence-electron chi connectivity index (χ2n) is 6.67. The van der Waals surface area contributed by atoms with Gasteiger partial charge in [0.15, 0.2) is 0 Å². The van der Waals surface area contributed by atoms with E-state index >= 15 is 0 Å². The summed E-state index contributed by atoms with van der Waals surface area (Å²) in [6.45, 7) is 0. The van der Waals surface area contributed by atoms with Crippen LogP contribution in [-0.4, -0.2) is 35.6 Å². The maximum Gasteiger partial charge on any atom is 0.348 e. The Hall–Kier alpha value is -3.98. The van der Waals surface area contributed by atoms with Crippen LogP contribution in [0.3, 0.4) is 0 Å². The summed E-state index contributed by atoms with van der Waals surface area (Å²) in [5.74, 6) is -0.964. The molecule has 0 saturated carbocycles. The van der Waals surface area contributed by atoms with E-state index in [1.807, 2.05) is 18.2 Å². The van der Waals surface area contributed by atoms with Crippen LogP contribution in [-0.2, 0) is 4.74 Å². The number of aromatic amines is 1. The maximum absolute atomic E-state index is 13.1. The molecule has 0 aliphatic carbocycles. The van der Waals surface area contributed by atoms with E-state index in [0.29, 0.717) is 11.3 Å². The van der Waals surface area contributed by atoms with E-state index in [0.717, 1.165) is 15.9 Å². The first-order valence-electron chi connectivity index (χ1n) is 9.20. The van der Waals surface area contributed by atoms with E-state index in [1.54, 1.807) is 37.4 Å². The molecule has 4 rings (SSSR count). The summed E-state index contributed by atoms with van der Waals surface area (Å²) in [6.07, 6.45) is 0.